The molecule has 1 aromatic heterocycles. The lowest BCUT2D eigenvalue weighted by Crippen LogP contribution is -2.46. The molecular weight excluding hydrogens is 371 g/mol. The zero-order valence-electron chi connectivity index (χ0n) is 15.4. The van der Waals surface area contributed by atoms with Gasteiger partial charge in [0.15, 0.2) is 0 Å². The second kappa shape index (κ2) is 7.52. The van der Waals surface area contributed by atoms with Crippen LogP contribution in [0.1, 0.15) is 37.7 Å². The fourth-order valence-corrected chi connectivity index (χ4v) is 4.31. The second-order valence-electron chi connectivity index (χ2n) is 7.66. The summed E-state index contributed by atoms with van der Waals surface area (Å²) in [6, 6.07) is 4.77. The molecule has 1 saturated heterocycles. The molecule has 0 bridgehead atoms. The first-order valence-corrected chi connectivity index (χ1v) is 9.63. The summed E-state index contributed by atoms with van der Waals surface area (Å²) in [5, 5.41) is 11.8. The van der Waals surface area contributed by atoms with Crippen LogP contribution in [0.15, 0.2) is 24.3 Å². The largest absolute Gasteiger partial charge is 0.416 e. The lowest BCUT2D eigenvalue weighted by molar-refractivity contribution is -0.137. The van der Waals surface area contributed by atoms with Gasteiger partial charge in [-0.15, -0.1) is 10.2 Å². The van der Waals surface area contributed by atoms with Crippen LogP contribution in [0.25, 0.3) is 11.4 Å². The summed E-state index contributed by atoms with van der Waals surface area (Å²) in [5.74, 6) is 1.31. The fourth-order valence-electron chi connectivity index (χ4n) is 4.31. The zero-order valence-corrected chi connectivity index (χ0v) is 15.4. The van der Waals surface area contributed by atoms with Gasteiger partial charge in [0.2, 0.25) is 11.7 Å². The molecule has 6 nitrogen and oxygen atoms in total. The number of aromatic nitrogens is 4. The maximum absolute atomic E-state index is 12.9. The normalized spacial score (nSPS) is 22.8. The number of halogens is 3. The van der Waals surface area contributed by atoms with Crippen molar-refractivity contribution >= 4 is 5.91 Å². The number of rotatable bonds is 3. The summed E-state index contributed by atoms with van der Waals surface area (Å²) in [6.07, 6.45) is 1.56. The summed E-state index contributed by atoms with van der Waals surface area (Å²) < 4.78 is 38.6. The van der Waals surface area contributed by atoms with Crippen LogP contribution in [0.4, 0.5) is 13.2 Å². The van der Waals surface area contributed by atoms with Gasteiger partial charge < -0.3 is 4.90 Å². The van der Waals surface area contributed by atoms with Crippen LogP contribution in [-0.4, -0.2) is 44.1 Å². The zero-order chi connectivity index (χ0) is 19.7. The lowest BCUT2D eigenvalue weighted by Gasteiger charge is -2.41. The van der Waals surface area contributed by atoms with Crippen LogP contribution >= 0.6 is 0 Å². The van der Waals surface area contributed by atoms with Gasteiger partial charge in [-0.25, -0.2) is 0 Å². The highest BCUT2D eigenvalue weighted by Gasteiger charge is 2.33. The minimum absolute atomic E-state index is 0.0522. The van der Waals surface area contributed by atoms with Gasteiger partial charge in [-0.3, -0.25) is 4.79 Å². The highest BCUT2D eigenvalue weighted by Crippen LogP contribution is 2.36. The van der Waals surface area contributed by atoms with E-state index in [9.17, 15) is 18.0 Å². The van der Waals surface area contributed by atoms with Gasteiger partial charge in [-0.1, -0.05) is 31.4 Å². The van der Waals surface area contributed by atoms with E-state index < -0.39 is 11.7 Å². The highest BCUT2D eigenvalue weighted by atomic mass is 19.4. The van der Waals surface area contributed by atoms with E-state index in [1.807, 2.05) is 4.90 Å². The molecular formula is C19H22F3N5O. The van der Waals surface area contributed by atoms with E-state index in [-0.39, 0.29) is 23.8 Å². The molecule has 4 rings (SSSR count). The first kappa shape index (κ1) is 18.9. The maximum Gasteiger partial charge on any atom is 0.416 e. The SMILES string of the molecule is O=C(Cn1nnc(-c2cccc(C(F)(F)F)c2)n1)N1CC[C@H]2CCCC[C@@H]2C1. The molecule has 0 radical (unpaired) electrons. The third-order valence-electron chi connectivity index (χ3n) is 5.82. The van der Waals surface area contributed by atoms with E-state index in [0.29, 0.717) is 5.92 Å². The van der Waals surface area contributed by atoms with Crippen LogP contribution < -0.4 is 0 Å². The van der Waals surface area contributed by atoms with Crippen molar-refractivity contribution in [2.75, 3.05) is 13.1 Å². The predicted molar refractivity (Wildman–Crippen MR) is 94.9 cm³/mol. The number of alkyl halides is 3. The van der Waals surface area contributed by atoms with Crippen LogP contribution in [0.3, 0.4) is 0 Å². The van der Waals surface area contributed by atoms with Gasteiger partial charge in [0.1, 0.15) is 6.54 Å². The Morgan fingerprint density at radius 1 is 1.14 bits per heavy atom. The van der Waals surface area contributed by atoms with Crippen molar-refractivity contribution in [3.8, 4) is 11.4 Å². The van der Waals surface area contributed by atoms with E-state index in [1.54, 1.807) is 0 Å². The number of amides is 1. The summed E-state index contributed by atoms with van der Waals surface area (Å²) in [5.41, 5.74) is -0.552. The number of hydrogen-bond acceptors (Lipinski definition) is 4. The minimum Gasteiger partial charge on any atom is -0.341 e. The summed E-state index contributed by atoms with van der Waals surface area (Å²) >= 11 is 0. The van der Waals surface area contributed by atoms with Gasteiger partial charge in [0.05, 0.1) is 5.56 Å². The maximum atomic E-state index is 12.9. The van der Waals surface area contributed by atoms with Crippen LogP contribution in [0.2, 0.25) is 0 Å². The fraction of sp³-hybridized carbons (Fsp3) is 0.579. The van der Waals surface area contributed by atoms with Gasteiger partial charge in [-0.05, 0) is 42.0 Å². The molecule has 0 spiro atoms. The number of carbonyl (C=O) groups excluding carboxylic acids is 1. The molecule has 28 heavy (non-hydrogen) atoms. The van der Waals surface area contributed by atoms with E-state index in [2.05, 4.69) is 15.4 Å². The Morgan fingerprint density at radius 2 is 1.93 bits per heavy atom. The van der Waals surface area contributed by atoms with Crippen molar-refractivity contribution in [3.05, 3.63) is 29.8 Å². The second-order valence-corrected chi connectivity index (χ2v) is 7.66. The number of hydrogen-bond donors (Lipinski definition) is 0. The van der Waals surface area contributed by atoms with Crippen molar-refractivity contribution in [3.63, 3.8) is 0 Å². The molecule has 1 aliphatic carbocycles. The van der Waals surface area contributed by atoms with Gasteiger partial charge >= 0.3 is 6.18 Å². The Hall–Kier alpha value is -2.45. The first-order chi connectivity index (χ1) is 13.4. The number of benzene rings is 1. The Kier molecular flexibility index (Phi) is 5.07. The molecule has 1 saturated carbocycles. The molecule has 150 valence electrons. The minimum atomic E-state index is -4.44. The molecule has 2 aromatic rings. The van der Waals surface area contributed by atoms with Gasteiger partial charge in [0, 0.05) is 18.7 Å². The molecule has 0 unspecified atom stereocenters. The highest BCUT2D eigenvalue weighted by molar-refractivity contribution is 5.76. The number of fused-ring (bicyclic) bond motifs is 1. The predicted octanol–water partition coefficient (Wildman–Crippen LogP) is 3.40. The average molecular weight is 393 g/mol. The molecule has 9 heteroatoms. The standard InChI is InChI=1S/C19H22F3N5O/c20-19(21,22)16-7-3-6-14(10-16)18-23-25-27(24-18)12-17(28)26-9-8-13-4-1-2-5-15(13)11-26/h3,6-7,10,13,15H,1-2,4-5,8-9,11-12H2/t13-,15-/m1/s1. The Morgan fingerprint density at radius 3 is 2.71 bits per heavy atom. The Bertz CT molecular complexity index is 850. The summed E-state index contributed by atoms with van der Waals surface area (Å²) in [7, 11) is 0. The van der Waals surface area contributed by atoms with Crippen molar-refractivity contribution in [2.24, 2.45) is 11.8 Å². The molecule has 2 aliphatic rings. The van der Waals surface area contributed by atoms with Gasteiger partial charge in [0.25, 0.3) is 0 Å². The Balaban J connectivity index is 1.42. The average Bonchev–Trinajstić information content (AvgIpc) is 3.15. The molecule has 0 N–H and O–H groups in total. The monoisotopic (exact) mass is 393 g/mol. The third-order valence-corrected chi connectivity index (χ3v) is 5.82. The van der Waals surface area contributed by atoms with E-state index in [0.717, 1.165) is 42.4 Å². The molecule has 2 heterocycles. The topological polar surface area (TPSA) is 63.9 Å². The molecule has 2 atom stereocenters. The first-order valence-electron chi connectivity index (χ1n) is 9.63. The van der Waals surface area contributed by atoms with E-state index >= 15 is 0 Å². The van der Waals surface area contributed by atoms with Crippen LogP contribution in [-0.2, 0) is 17.5 Å². The van der Waals surface area contributed by atoms with Crippen LogP contribution in [0, 0.1) is 11.8 Å². The summed E-state index contributed by atoms with van der Waals surface area (Å²) in [4.78, 5) is 15.6. The van der Waals surface area contributed by atoms with Crippen LogP contribution in [0.5, 0.6) is 0 Å². The smallest absolute Gasteiger partial charge is 0.341 e. The molecule has 2 fully saturated rings. The third kappa shape index (κ3) is 4.02. The quantitative estimate of drug-likeness (QED) is 0.802. The van der Waals surface area contributed by atoms with E-state index in [1.165, 1.54) is 37.8 Å². The number of piperidine rings is 1. The lowest BCUT2D eigenvalue weighted by atomic mass is 9.75. The Labute approximate surface area is 160 Å². The van der Waals surface area contributed by atoms with Gasteiger partial charge in [-0.2, -0.15) is 18.0 Å². The molecule has 1 amide bonds. The number of tetrazole rings is 1. The van der Waals surface area contributed by atoms with Crippen molar-refractivity contribution < 1.29 is 18.0 Å². The van der Waals surface area contributed by atoms with Crippen molar-refractivity contribution in [2.45, 2.75) is 44.8 Å². The van der Waals surface area contributed by atoms with E-state index in [4.69, 9.17) is 0 Å². The number of carbonyl (C=O) groups is 1. The number of nitrogens with zero attached hydrogens (tertiary/aromatic N) is 5. The van der Waals surface area contributed by atoms with Crippen molar-refractivity contribution in [1.29, 1.82) is 0 Å². The van der Waals surface area contributed by atoms with Crippen molar-refractivity contribution in [1.82, 2.24) is 25.1 Å². The number of likely N-dealkylation sites (tertiary alicyclic amines) is 1. The molecule has 1 aromatic carbocycles. The molecule has 1 aliphatic heterocycles. The summed E-state index contributed by atoms with van der Waals surface area (Å²) in [6.45, 7) is 1.47.